The summed E-state index contributed by atoms with van der Waals surface area (Å²) < 4.78 is 18.0. The summed E-state index contributed by atoms with van der Waals surface area (Å²) in [6.07, 6.45) is 2.43. The van der Waals surface area contributed by atoms with Crippen LogP contribution in [0.25, 0.3) is 6.08 Å². The van der Waals surface area contributed by atoms with Gasteiger partial charge in [-0.25, -0.2) is 9.18 Å². The van der Waals surface area contributed by atoms with Crippen LogP contribution < -0.4 is 0 Å². The van der Waals surface area contributed by atoms with Crippen LogP contribution in [0.3, 0.4) is 0 Å². The maximum absolute atomic E-state index is 13.6. The van der Waals surface area contributed by atoms with Crippen molar-refractivity contribution >= 4 is 12.0 Å². The fraction of sp³-hybridized carbons (Fsp3) is 0.0909. The van der Waals surface area contributed by atoms with Gasteiger partial charge in [0, 0.05) is 11.6 Å². The van der Waals surface area contributed by atoms with Crippen molar-refractivity contribution in [2.75, 3.05) is 7.11 Å². The summed E-state index contributed by atoms with van der Waals surface area (Å²) in [5.74, 6) is -1.42. The average molecular weight is 205 g/mol. The molecule has 0 N–H and O–H groups in total. The van der Waals surface area contributed by atoms with E-state index in [9.17, 15) is 9.18 Å². The largest absolute Gasteiger partial charge is 0.465 e. The van der Waals surface area contributed by atoms with Crippen LogP contribution in [-0.4, -0.2) is 13.1 Å². The zero-order valence-electron chi connectivity index (χ0n) is 8.03. The number of esters is 1. The Morgan fingerprint density at radius 2 is 2.33 bits per heavy atom. The smallest absolute Gasteiger partial charge is 0.340 e. The Kier molecular flexibility index (Phi) is 3.58. The number of halogens is 1. The molecule has 3 nitrogen and oxygen atoms in total. The highest BCUT2D eigenvalue weighted by molar-refractivity contribution is 5.90. The summed E-state index contributed by atoms with van der Waals surface area (Å²) in [7, 11) is 1.18. The maximum atomic E-state index is 13.6. The Balaban J connectivity index is 3.18. The highest BCUT2D eigenvalue weighted by atomic mass is 19.1. The van der Waals surface area contributed by atoms with Crippen molar-refractivity contribution in [2.45, 2.75) is 0 Å². The Bertz CT molecular complexity index is 446. The van der Waals surface area contributed by atoms with E-state index >= 15 is 0 Å². The lowest BCUT2D eigenvalue weighted by molar-refractivity contribution is 0.0595. The number of benzene rings is 1. The molecule has 0 spiro atoms. The Morgan fingerprint density at radius 1 is 1.60 bits per heavy atom. The van der Waals surface area contributed by atoms with Crippen LogP contribution in [0.5, 0.6) is 0 Å². The number of allylic oxidation sites excluding steroid dienone is 1. The minimum absolute atomic E-state index is 0.141. The summed E-state index contributed by atoms with van der Waals surface area (Å²) in [5, 5.41) is 8.29. The molecule has 0 unspecified atom stereocenters. The third kappa shape index (κ3) is 2.41. The Hall–Kier alpha value is -2.15. The average Bonchev–Trinajstić information content (AvgIpc) is 2.27. The molecule has 0 aromatic heterocycles. The number of rotatable bonds is 2. The molecule has 15 heavy (non-hydrogen) atoms. The van der Waals surface area contributed by atoms with E-state index in [0.717, 1.165) is 6.08 Å². The fourth-order valence-electron chi connectivity index (χ4n) is 1.07. The normalized spacial score (nSPS) is 9.93. The second kappa shape index (κ2) is 4.91. The van der Waals surface area contributed by atoms with Crippen LogP contribution in [0.4, 0.5) is 4.39 Å². The Morgan fingerprint density at radius 3 is 2.93 bits per heavy atom. The number of hydrogen-bond acceptors (Lipinski definition) is 3. The lowest BCUT2D eigenvalue weighted by Crippen LogP contribution is -2.05. The van der Waals surface area contributed by atoms with E-state index in [-0.39, 0.29) is 11.1 Å². The topological polar surface area (TPSA) is 50.1 Å². The molecule has 0 aliphatic rings. The van der Waals surface area contributed by atoms with Crippen LogP contribution in [0, 0.1) is 17.1 Å². The van der Waals surface area contributed by atoms with Gasteiger partial charge in [-0.2, -0.15) is 5.26 Å². The van der Waals surface area contributed by atoms with E-state index < -0.39 is 11.8 Å². The van der Waals surface area contributed by atoms with Crippen molar-refractivity contribution in [3.05, 3.63) is 41.2 Å². The lowest BCUT2D eigenvalue weighted by atomic mass is 10.1. The van der Waals surface area contributed by atoms with E-state index in [2.05, 4.69) is 4.74 Å². The summed E-state index contributed by atoms with van der Waals surface area (Å²) in [4.78, 5) is 11.1. The van der Waals surface area contributed by atoms with Gasteiger partial charge in [-0.1, -0.05) is 12.1 Å². The van der Waals surface area contributed by atoms with Crippen molar-refractivity contribution in [1.29, 1.82) is 5.26 Å². The SMILES string of the molecule is COC(=O)c1cccc(C=CC#N)c1F. The third-order valence-corrected chi connectivity index (χ3v) is 1.77. The molecule has 0 bridgehead atoms. The van der Waals surface area contributed by atoms with Gasteiger partial charge in [-0.05, 0) is 12.1 Å². The van der Waals surface area contributed by atoms with Crippen molar-refractivity contribution in [1.82, 2.24) is 0 Å². The first-order chi connectivity index (χ1) is 7.20. The van der Waals surface area contributed by atoms with Crippen LogP contribution in [0.1, 0.15) is 15.9 Å². The predicted molar refractivity (Wildman–Crippen MR) is 52.4 cm³/mol. The second-order valence-electron chi connectivity index (χ2n) is 2.66. The second-order valence-corrected chi connectivity index (χ2v) is 2.66. The third-order valence-electron chi connectivity index (χ3n) is 1.77. The molecular weight excluding hydrogens is 197 g/mol. The van der Waals surface area contributed by atoms with Gasteiger partial charge in [0.25, 0.3) is 0 Å². The first-order valence-corrected chi connectivity index (χ1v) is 4.13. The molecule has 1 aromatic carbocycles. The maximum Gasteiger partial charge on any atom is 0.340 e. The van der Waals surface area contributed by atoms with Crippen molar-refractivity contribution < 1.29 is 13.9 Å². The van der Waals surface area contributed by atoms with Gasteiger partial charge >= 0.3 is 5.97 Å². The minimum atomic E-state index is -0.736. The molecule has 0 fully saturated rings. The van der Waals surface area contributed by atoms with Gasteiger partial charge in [0.2, 0.25) is 0 Å². The molecule has 0 aliphatic carbocycles. The van der Waals surface area contributed by atoms with Crippen LogP contribution >= 0.6 is 0 Å². The molecule has 0 saturated carbocycles. The van der Waals surface area contributed by atoms with Gasteiger partial charge in [-0.3, -0.25) is 0 Å². The number of ether oxygens (including phenoxy) is 1. The minimum Gasteiger partial charge on any atom is -0.465 e. The highest BCUT2D eigenvalue weighted by Gasteiger charge is 2.13. The summed E-state index contributed by atoms with van der Waals surface area (Å²) in [6.45, 7) is 0. The van der Waals surface area contributed by atoms with E-state index in [1.165, 1.54) is 31.4 Å². The zero-order valence-corrected chi connectivity index (χ0v) is 8.03. The molecule has 0 radical (unpaired) electrons. The number of nitriles is 1. The molecule has 1 aromatic rings. The first kappa shape index (κ1) is 10.9. The number of hydrogen-bond donors (Lipinski definition) is 0. The van der Waals surface area contributed by atoms with E-state index in [0.29, 0.717) is 0 Å². The summed E-state index contributed by atoms with van der Waals surface area (Å²) >= 11 is 0. The van der Waals surface area contributed by atoms with Gasteiger partial charge in [0.15, 0.2) is 0 Å². The number of carbonyl (C=O) groups excluding carboxylic acids is 1. The molecule has 0 heterocycles. The number of methoxy groups -OCH3 is 1. The first-order valence-electron chi connectivity index (χ1n) is 4.13. The quantitative estimate of drug-likeness (QED) is 0.549. The van der Waals surface area contributed by atoms with E-state index in [1.54, 1.807) is 6.07 Å². The molecule has 0 amide bonds. The van der Waals surface area contributed by atoms with E-state index in [1.807, 2.05) is 0 Å². The molecule has 1 rings (SSSR count). The standard InChI is InChI=1S/C11H8FNO2/c1-15-11(14)9-6-2-4-8(10(9)12)5-3-7-13/h2-6H,1H3. The molecule has 4 heteroatoms. The van der Waals surface area contributed by atoms with Crippen LogP contribution in [-0.2, 0) is 4.74 Å². The molecular formula is C11H8FNO2. The number of nitrogens with zero attached hydrogens (tertiary/aromatic N) is 1. The Labute approximate surface area is 86.4 Å². The van der Waals surface area contributed by atoms with Crippen LogP contribution in [0.15, 0.2) is 24.3 Å². The van der Waals surface area contributed by atoms with Gasteiger partial charge < -0.3 is 4.74 Å². The van der Waals surface area contributed by atoms with E-state index in [4.69, 9.17) is 5.26 Å². The predicted octanol–water partition coefficient (Wildman–Crippen LogP) is 2.15. The van der Waals surface area contributed by atoms with Gasteiger partial charge in [0.1, 0.15) is 5.82 Å². The molecule has 0 aliphatic heterocycles. The summed E-state index contributed by atoms with van der Waals surface area (Å²) in [6, 6.07) is 6.06. The number of carbonyl (C=O) groups is 1. The van der Waals surface area contributed by atoms with Crippen molar-refractivity contribution in [2.24, 2.45) is 0 Å². The monoisotopic (exact) mass is 205 g/mol. The van der Waals surface area contributed by atoms with Crippen molar-refractivity contribution in [3.63, 3.8) is 0 Å². The fourth-order valence-corrected chi connectivity index (χ4v) is 1.07. The molecule has 0 saturated heterocycles. The van der Waals surface area contributed by atoms with Crippen molar-refractivity contribution in [3.8, 4) is 6.07 Å². The molecule has 0 atom stereocenters. The van der Waals surface area contributed by atoms with Gasteiger partial charge in [0.05, 0.1) is 18.7 Å². The van der Waals surface area contributed by atoms with Crippen LogP contribution in [0.2, 0.25) is 0 Å². The molecule has 76 valence electrons. The lowest BCUT2D eigenvalue weighted by Gasteiger charge is -2.02. The summed E-state index contributed by atoms with van der Waals surface area (Å²) in [5.41, 5.74) is 0.0389. The van der Waals surface area contributed by atoms with Gasteiger partial charge in [-0.15, -0.1) is 0 Å². The highest BCUT2D eigenvalue weighted by Crippen LogP contribution is 2.15. The zero-order chi connectivity index (χ0) is 11.3.